The Morgan fingerprint density at radius 2 is 1.79 bits per heavy atom. The second kappa shape index (κ2) is 8.42. The molecule has 1 fully saturated rings. The van der Waals surface area contributed by atoms with E-state index in [2.05, 4.69) is 31.9 Å². The maximum atomic E-state index is 12.8. The van der Waals surface area contributed by atoms with Crippen LogP contribution < -0.4 is 0 Å². The average molecular weight is 478 g/mol. The van der Waals surface area contributed by atoms with E-state index in [1.807, 2.05) is 13.0 Å². The second-order valence-electron chi connectivity index (χ2n) is 5.19. The lowest BCUT2D eigenvalue weighted by atomic mass is 10.3. The van der Waals surface area contributed by atoms with E-state index in [1.165, 1.54) is 10.4 Å². The van der Waals surface area contributed by atoms with E-state index in [0.717, 1.165) is 0 Å². The summed E-state index contributed by atoms with van der Waals surface area (Å²) in [5, 5.41) is 0. The van der Waals surface area contributed by atoms with Crippen molar-refractivity contribution >= 4 is 47.8 Å². The van der Waals surface area contributed by atoms with Gasteiger partial charge in [0.2, 0.25) is 15.9 Å². The number of piperazine rings is 1. The van der Waals surface area contributed by atoms with Crippen molar-refractivity contribution in [1.82, 2.24) is 9.21 Å². The highest BCUT2D eigenvalue weighted by Gasteiger charge is 2.31. The molecule has 1 aliphatic heterocycles. The lowest BCUT2D eigenvalue weighted by Gasteiger charge is -2.33. The fourth-order valence-electron chi connectivity index (χ4n) is 2.32. The van der Waals surface area contributed by atoms with Gasteiger partial charge in [-0.05, 0) is 41.1 Å². The third kappa shape index (κ3) is 4.56. The van der Waals surface area contributed by atoms with E-state index in [1.54, 1.807) is 35.3 Å². The highest BCUT2D eigenvalue weighted by atomic mass is 79.9. The van der Waals surface area contributed by atoms with Gasteiger partial charge in [-0.3, -0.25) is 4.79 Å². The first-order chi connectivity index (χ1) is 11.4. The summed E-state index contributed by atoms with van der Waals surface area (Å²) in [5.74, 6) is -0.103. The first-order valence-corrected chi connectivity index (χ1v) is 10.4. The van der Waals surface area contributed by atoms with E-state index in [9.17, 15) is 13.2 Å². The summed E-state index contributed by atoms with van der Waals surface area (Å²) in [7, 11) is -3.60. The fraction of sp³-hybridized carbons (Fsp3) is 0.312. The Bertz CT molecular complexity index is 768. The monoisotopic (exact) mass is 476 g/mol. The SMILES string of the molecule is CC=CC=CC(=O)N1CCN(S(=O)(=O)c2cc(Br)ccc2Br)CC1. The molecule has 1 heterocycles. The zero-order chi connectivity index (χ0) is 17.7. The van der Waals surface area contributed by atoms with Crippen LogP contribution >= 0.6 is 31.9 Å². The Hall–Kier alpha value is -0.960. The molecule has 1 aliphatic rings. The van der Waals surface area contributed by atoms with Crippen LogP contribution in [-0.2, 0) is 14.8 Å². The lowest BCUT2D eigenvalue weighted by Crippen LogP contribution is -2.50. The Morgan fingerprint density at radius 3 is 2.42 bits per heavy atom. The van der Waals surface area contributed by atoms with Gasteiger partial charge in [0.1, 0.15) is 0 Å². The number of hydrogen-bond donors (Lipinski definition) is 0. The average Bonchev–Trinajstić information content (AvgIpc) is 2.57. The molecule has 0 radical (unpaired) electrons. The van der Waals surface area contributed by atoms with Gasteiger partial charge >= 0.3 is 0 Å². The molecule has 1 aromatic rings. The van der Waals surface area contributed by atoms with Crippen molar-refractivity contribution in [3.8, 4) is 0 Å². The minimum atomic E-state index is -3.60. The number of nitrogens with zero attached hydrogens (tertiary/aromatic N) is 2. The minimum Gasteiger partial charge on any atom is -0.337 e. The van der Waals surface area contributed by atoms with Gasteiger partial charge in [-0.2, -0.15) is 4.31 Å². The molecule has 1 saturated heterocycles. The molecule has 0 bridgehead atoms. The number of sulfonamides is 1. The third-order valence-corrected chi connectivity index (χ3v) is 6.99. The molecule has 8 heteroatoms. The predicted molar refractivity (Wildman–Crippen MR) is 101 cm³/mol. The van der Waals surface area contributed by atoms with Crippen LogP contribution in [0.25, 0.3) is 0 Å². The van der Waals surface area contributed by atoms with Gasteiger partial charge in [0.15, 0.2) is 0 Å². The smallest absolute Gasteiger partial charge is 0.246 e. The highest BCUT2D eigenvalue weighted by molar-refractivity contribution is 9.11. The summed E-state index contributed by atoms with van der Waals surface area (Å²) >= 11 is 6.60. The summed E-state index contributed by atoms with van der Waals surface area (Å²) in [6.45, 7) is 3.20. The number of allylic oxidation sites excluding steroid dienone is 3. The molecule has 0 saturated carbocycles. The van der Waals surface area contributed by atoms with Gasteiger partial charge in [0.25, 0.3) is 0 Å². The van der Waals surface area contributed by atoms with Crippen LogP contribution in [0.2, 0.25) is 0 Å². The molecule has 0 atom stereocenters. The maximum absolute atomic E-state index is 12.8. The summed E-state index contributed by atoms with van der Waals surface area (Å²) in [6.07, 6.45) is 6.80. The van der Waals surface area contributed by atoms with E-state index >= 15 is 0 Å². The van der Waals surface area contributed by atoms with Crippen molar-refractivity contribution in [2.45, 2.75) is 11.8 Å². The molecule has 0 unspecified atom stereocenters. The molecular weight excluding hydrogens is 460 g/mol. The highest BCUT2D eigenvalue weighted by Crippen LogP contribution is 2.28. The number of hydrogen-bond acceptors (Lipinski definition) is 3. The Labute approximate surface area is 159 Å². The zero-order valence-corrected chi connectivity index (χ0v) is 17.1. The van der Waals surface area contributed by atoms with Crippen LogP contribution in [0, 0.1) is 0 Å². The molecular formula is C16H18Br2N2O3S. The quantitative estimate of drug-likeness (QED) is 0.494. The topological polar surface area (TPSA) is 57.7 Å². The van der Waals surface area contributed by atoms with Crippen molar-refractivity contribution < 1.29 is 13.2 Å². The molecule has 0 aliphatic carbocycles. The van der Waals surface area contributed by atoms with Gasteiger partial charge in [-0.15, -0.1) is 0 Å². The van der Waals surface area contributed by atoms with E-state index in [-0.39, 0.29) is 23.9 Å². The number of carbonyl (C=O) groups excluding carboxylic acids is 1. The van der Waals surface area contributed by atoms with Crippen LogP contribution in [0.5, 0.6) is 0 Å². The third-order valence-electron chi connectivity index (χ3n) is 3.60. The normalized spacial score (nSPS) is 17.0. The number of amides is 1. The van der Waals surface area contributed by atoms with Crippen molar-refractivity contribution in [3.63, 3.8) is 0 Å². The molecule has 24 heavy (non-hydrogen) atoms. The van der Waals surface area contributed by atoms with Crippen molar-refractivity contribution in [3.05, 3.63) is 51.4 Å². The molecule has 2 rings (SSSR count). The van der Waals surface area contributed by atoms with Crippen LogP contribution in [-0.4, -0.2) is 49.7 Å². The molecule has 0 aromatic heterocycles. The maximum Gasteiger partial charge on any atom is 0.246 e. The first kappa shape index (κ1) is 19.4. The molecule has 5 nitrogen and oxygen atoms in total. The largest absolute Gasteiger partial charge is 0.337 e. The van der Waals surface area contributed by atoms with E-state index in [0.29, 0.717) is 22.0 Å². The van der Waals surface area contributed by atoms with E-state index in [4.69, 9.17) is 0 Å². The summed E-state index contributed by atoms with van der Waals surface area (Å²) < 4.78 is 28.2. The molecule has 1 aromatic carbocycles. The number of carbonyl (C=O) groups is 1. The van der Waals surface area contributed by atoms with Gasteiger partial charge in [0, 0.05) is 41.2 Å². The van der Waals surface area contributed by atoms with Gasteiger partial charge in [-0.25, -0.2) is 8.42 Å². The van der Waals surface area contributed by atoms with Crippen LogP contribution in [0.1, 0.15) is 6.92 Å². The lowest BCUT2D eigenvalue weighted by molar-refractivity contribution is -0.127. The standard InChI is InChI=1S/C16H18Br2N2O3S/c1-2-3-4-5-16(21)19-8-10-20(11-9-19)24(22,23)15-12-13(17)6-7-14(15)18/h2-7,12H,8-11H2,1H3. The summed E-state index contributed by atoms with van der Waals surface area (Å²) in [4.78, 5) is 13.9. The first-order valence-electron chi connectivity index (χ1n) is 7.39. The van der Waals surface area contributed by atoms with E-state index < -0.39 is 10.0 Å². The van der Waals surface area contributed by atoms with Gasteiger partial charge in [-0.1, -0.05) is 34.2 Å². The molecule has 130 valence electrons. The number of benzene rings is 1. The van der Waals surface area contributed by atoms with Crippen LogP contribution in [0.3, 0.4) is 0 Å². The molecule has 1 amide bonds. The van der Waals surface area contributed by atoms with Crippen molar-refractivity contribution in [2.75, 3.05) is 26.2 Å². The molecule has 0 spiro atoms. The van der Waals surface area contributed by atoms with Gasteiger partial charge < -0.3 is 4.90 Å². The van der Waals surface area contributed by atoms with Crippen LogP contribution in [0.15, 0.2) is 56.3 Å². The number of halogens is 2. The predicted octanol–water partition coefficient (Wildman–Crippen LogP) is 3.18. The minimum absolute atomic E-state index is 0.103. The van der Waals surface area contributed by atoms with Crippen LogP contribution in [0.4, 0.5) is 0 Å². The van der Waals surface area contributed by atoms with Gasteiger partial charge in [0.05, 0.1) is 4.90 Å². The Balaban J connectivity index is 2.08. The Morgan fingerprint density at radius 1 is 1.12 bits per heavy atom. The number of rotatable bonds is 4. The summed E-state index contributed by atoms with van der Waals surface area (Å²) in [6, 6.07) is 5.05. The van der Waals surface area contributed by atoms with Crippen molar-refractivity contribution in [2.24, 2.45) is 0 Å². The Kier molecular flexibility index (Phi) is 6.79. The fourth-order valence-corrected chi connectivity index (χ4v) is 5.20. The van der Waals surface area contributed by atoms with Crippen molar-refractivity contribution in [1.29, 1.82) is 0 Å². The summed E-state index contributed by atoms with van der Waals surface area (Å²) in [5.41, 5.74) is 0. The molecule has 0 N–H and O–H groups in total. The zero-order valence-electron chi connectivity index (χ0n) is 13.2. The second-order valence-corrected chi connectivity index (χ2v) is 8.87.